The Balaban J connectivity index is 3.01. The van der Waals surface area contributed by atoms with E-state index in [0.29, 0.717) is 92.5 Å². The highest BCUT2D eigenvalue weighted by Crippen LogP contribution is 2.08. The Morgan fingerprint density at radius 3 is 0.615 bits per heavy atom. The lowest BCUT2D eigenvalue weighted by atomic mass is 10.1. The van der Waals surface area contributed by atoms with Crippen LogP contribution >= 0.6 is 0 Å². The van der Waals surface area contributed by atoms with Gasteiger partial charge in [0.15, 0.2) is 0 Å². The van der Waals surface area contributed by atoms with E-state index in [1.807, 2.05) is 0 Å². The highest BCUT2D eigenvalue weighted by molar-refractivity contribution is 4.46. The summed E-state index contributed by atoms with van der Waals surface area (Å²) in [5, 5.41) is 0. The molecular weight excluding hydrogens is 500 g/mol. The largest absolute Gasteiger partial charge is 0.379 e. The maximum absolute atomic E-state index is 5.62. The number of hydrogen-bond acceptors (Lipinski definition) is 8. The first-order valence-corrected chi connectivity index (χ1v) is 16.0. The van der Waals surface area contributed by atoms with Gasteiger partial charge in [0.2, 0.25) is 0 Å². The first-order valence-electron chi connectivity index (χ1n) is 16.0. The van der Waals surface area contributed by atoms with Crippen LogP contribution in [0.2, 0.25) is 0 Å². The number of unbranched alkanes of at least 4 members (excludes halogenated alkanes) is 11. The first kappa shape index (κ1) is 38.7. The van der Waals surface area contributed by atoms with Crippen molar-refractivity contribution >= 4 is 0 Å². The molecule has 0 radical (unpaired) electrons. The second-order valence-electron chi connectivity index (χ2n) is 9.79. The standard InChI is InChI=1S/C31H64O8/c1-3-5-7-9-10-11-13-15-17-33-19-21-35-23-25-37-27-29-39-31-30-38-28-26-36-24-22-34-20-18-32-16-14-12-8-6-4-2/h3-31H2,1-2H3. The molecule has 8 nitrogen and oxygen atoms in total. The second kappa shape index (κ2) is 37.7. The molecule has 0 rings (SSSR count). The van der Waals surface area contributed by atoms with Gasteiger partial charge in [-0.15, -0.1) is 0 Å². The zero-order chi connectivity index (χ0) is 28.2. The molecule has 0 aromatic carbocycles. The molecule has 0 bridgehead atoms. The number of hydrogen-bond donors (Lipinski definition) is 0. The van der Waals surface area contributed by atoms with Crippen molar-refractivity contribution in [3.05, 3.63) is 0 Å². The highest BCUT2D eigenvalue weighted by Gasteiger charge is 1.96. The van der Waals surface area contributed by atoms with Gasteiger partial charge in [0.25, 0.3) is 0 Å². The van der Waals surface area contributed by atoms with Gasteiger partial charge >= 0.3 is 0 Å². The minimum Gasteiger partial charge on any atom is -0.379 e. The lowest BCUT2D eigenvalue weighted by Gasteiger charge is -2.09. The van der Waals surface area contributed by atoms with Crippen molar-refractivity contribution in [1.29, 1.82) is 0 Å². The van der Waals surface area contributed by atoms with E-state index >= 15 is 0 Å². The van der Waals surface area contributed by atoms with E-state index in [2.05, 4.69) is 13.8 Å². The van der Waals surface area contributed by atoms with Crippen molar-refractivity contribution in [3.63, 3.8) is 0 Å². The van der Waals surface area contributed by atoms with Gasteiger partial charge in [0.1, 0.15) is 0 Å². The summed E-state index contributed by atoms with van der Waals surface area (Å²) in [5.41, 5.74) is 0. The Hall–Kier alpha value is -0.320. The Kier molecular flexibility index (Phi) is 37.4. The van der Waals surface area contributed by atoms with Crippen LogP contribution in [-0.4, -0.2) is 106 Å². The lowest BCUT2D eigenvalue weighted by Crippen LogP contribution is -2.15. The Morgan fingerprint density at radius 1 is 0.205 bits per heavy atom. The molecule has 8 heteroatoms. The van der Waals surface area contributed by atoms with Crippen molar-refractivity contribution in [3.8, 4) is 0 Å². The molecule has 0 aliphatic heterocycles. The van der Waals surface area contributed by atoms with Crippen molar-refractivity contribution in [2.75, 3.05) is 106 Å². The molecule has 0 fully saturated rings. The average Bonchev–Trinajstić information content (AvgIpc) is 2.95. The normalized spacial score (nSPS) is 11.5. The zero-order valence-corrected chi connectivity index (χ0v) is 25.8. The van der Waals surface area contributed by atoms with Crippen LogP contribution in [0.3, 0.4) is 0 Å². The van der Waals surface area contributed by atoms with Crippen LogP contribution < -0.4 is 0 Å². The van der Waals surface area contributed by atoms with E-state index in [4.69, 9.17) is 37.9 Å². The van der Waals surface area contributed by atoms with Gasteiger partial charge in [0, 0.05) is 13.2 Å². The molecule has 0 aliphatic rings. The molecule has 236 valence electrons. The Bertz CT molecular complexity index is 378. The maximum atomic E-state index is 5.62. The summed E-state index contributed by atoms with van der Waals surface area (Å²) in [4.78, 5) is 0. The first-order chi connectivity index (χ1) is 19.4. The van der Waals surface area contributed by atoms with E-state index < -0.39 is 0 Å². The summed E-state index contributed by atoms with van der Waals surface area (Å²) >= 11 is 0. The third-order valence-corrected chi connectivity index (χ3v) is 6.14. The van der Waals surface area contributed by atoms with Crippen molar-refractivity contribution in [2.45, 2.75) is 97.3 Å². The van der Waals surface area contributed by atoms with E-state index in [0.717, 1.165) is 26.1 Å². The minimum atomic E-state index is 0.553. The van der Waals surface area contributed by atoms with Crippen molar-refractivity contribution in [2.24, 2.45) is 0 Å². The fraction of sp³-hybridized carbons (Fsp3) is 1.00. The van der Waals surface area contributed by atoms with Crippen LogP contribution in [0.4, 0.5) is 0 Å². The highest BCUT2D eigenvalue weighted by atomic mass is 16.6. The molecule has 39 heavy (non-hydrogen) atoms. The summed E-state index contributed by atoms with van der Waals surface area (Å²) in [6.45, 7) is 14.4. The summed E-state index contributed by atoms with van der Waals surface area (Å²) in [6.07, 6.45) is 16.9. The van der Waals surface area contributed by atoms with Crippen molar-refractivity contribution < 1.29 is 37.9 Å². The monoisotopic (exact) mass is 564 g/mol. The molecule has 0 aromatic heterocycles. The van der Waals surface area contributed by atoms with Gasteiger partial charge in [-0.05, 0) is 12.8 Å². The molecule has 0 saturated carbocycles. The van der Waals surface area contributed by atoms with Crippen LogP contribution in [0.1, 0.15) is 97.3 Å². The van der Waals surface area contributed by atoms with Gasteiger partial charge in [-0.2, -0.15) is 0 Å². The summed E-state index contributed by atoms with van der Waals surface area (Å²) < 4.78 is 44.2. The van der Waals surface area contributed by atoms with Crippen LogP contribution in [0, 0.1) is 0 Å². The fourth-order valence-corrected chi connectivity index (χ4v) is 3.79. The molecule has 0 aliphatic carbocycles. The Labute approximate surface area is 241 Å². The predicted octanol–water partition coefficient (Wildman–Crippen LogP) is 6.23. The fourth-order valence-electron chi connectivity index (χ4n) is 3.79. The molecule has 0 atom stereocenters. The van der Waals surface area contributed by atoms with E-state index in [1.54, 1.807) is 0 Å². The topological polar surface area (TPSA) is 73.8 Å². The average molecular weight is 565 g/mol. The van der Waals surface area contributed by atoms with Crippen molar-refractivity contribution in [1.82, 2.24) is 0 Å². The predicted molar refractivity (Wildman–Crippen MR) is 158 cm³/mol. The zero-order valence-electron chi connectivity index (χ0n) is 25.8. The van der Waals surface area contributed by atoms with E-state index in [1.165, 1.54) is 70.6 Å². The lowest BCUT2D eigenvalue weighted by molar-refractivity contribution is -0.0232. The smallest absolute Gasteiger partial charge is 0.0701 e. The third-order valence-electron chi connectivity index (χ3n) is 6.14. The number of rotatable bonds is 36. The van der Waals surface area contributed by atoms with Crippen LogP contribution in [0.5, 0.6) is 0 Å². The minimum absolute atomic E-state index is 0.553. The molecule has 0 spiro atoms. The third kappa shape index (κ3) is 37.7. The van der Waals surface area contributed by atoms with Gasteiger partial charge < -0.3 is 37.9 Å². The molecule has 0 N–H and O–H groups in total. The van der Waals surface area contributed by atoms with Gasteiger partial charge in [-0.3, -0.25) is 0 Å². The van der Waals surface area contributed by atoms with E-state index in [9.17, 15) is 0 Å². The second-order valence-corrected chi connectivity index (χ2v) is 9.79. The van der Waals surface area contributed by atoms with E-state index in [-0.39, 0.29) is 0 Å². The molecule has 0 amide bonds. The van der Waals surface area contributed by atoms with Crippen LogP contribution in [-0.2, 0) is 37.9 Å². The van der Waals surface area contributed by atoms with Gasteiger partial charge in [-0.25, -0.2) is 0 Å². The summed E-state index contributed by atoms with van der Waals surface area (Å²) in [7, 11) is 0. The summed E-state index contributed by atoms with van der Waals surface area (Å²) in [5.74, 6) is 0. The molecular formula is C31H64O8. The molecule has 0 aromatic rings. The summed E-state index contributed by atoms with van der Waals surface area (Å²) in [6, 6.07) is 0. The van der Waals surface area contributed by atoms with Gasteiger partial charge in [0.05, 0.1) is 92.5 Å². The van der Waals surface area contributed by atoms with Crippen LogP contribution in [0.25, 0.3) is 0 Å². The molecule has 0 heterocycles. The van der Waals surface area contributed by atoms with Gasteiger partial charge in [-0.1, -0.05) is 84.5 Å². The van der Waals surface area contributed by atoms with Crippen LogP contribution in [0.15, 0.2) is 0 Å². The maximum Gasteiger partial charge on any atom is 0.0701 e. The molecule has 0 saturated heterocycles. The quantitative estimate of drug-likeness (QED) is 0.0829. The molecule has 0 unspecified atom stereocenters. The Morgan fingerprint density at radius 2 is 0.385 bits per heavy atom. The number of ether oxygens (including phenoxy) is 8. The SMILES string of the molecule is CCCCCCCCCCOCCOCCOCCOCCOCCOCCOCCOCCCCCCC.